The fourth-order valence-corrected chi connectivity index (χ4v) is 5.66. The molecule has 0 radical (unpaired) electrons. The second-order valence-corrected chi connectivity index (χ2v) is 9.18. The summed E-state index contributed by atoms with van der Waals surface area (Å²) in [6.07, 6.45) is 3.47. The lowest BCUT2D eigenvalue weighted by Crippen LogP contribution is -2.40. The number of rotatable bonds is 6. The van der Waals surface area contributed by atoms with E-state index in [4.69, 9.17) is 9.47 Å². The van der Waals surface area contributed by atoms with Gasteiger partial charge in [0.1, 0.15) is 18.1 Å². The number of hydrogen-bond acceptors (Lipinski definition) is 4. The Morgan fingerprint density at radius 2 is 1.53 bits per heavy atom. The van der Waals surface area contributed by atoms with Crippen molar-refractivity contribution in [2.45, 2.75) is 24.4 Å². The van der Waals surface area contributed by atoms with Gasteiger partial charge in [0.25, 0.3) is 0 Å². The molecule has 0 saturated carbocycles. The first-order valence-corrected chi connectivity index (χ1v) is 11.6. The Morgan fingerprint density at radius 3 is 2.15 bits per heavy atom. The van der Waals surface area contributed by atoms with Crippen LogP contribution in [0.3, 0.4) is 0 Å². The summed E-state index contributed by atoms with van der Waals surface area (Å²) < 4.78 is 12.0. The predicted molar refractivity (Wildman–Crippen MR) is 126 cm³/mol. The van der Waals surface area contributed by atoms with E-state index in [2.05, 4.69) is 0 Å². The molecule has 3 aromatic rings. The van der Waals surface area contributed by atoms with Gasteiger partial charge in [0.2, 0.25) is 5.91 Å². The molecule has 170 valence electrons. The number of fused-ring (bicyclic) bond motifs is 1. The van der Waals surface area contributed by atoms with Crippen LogP contribution in [0.1, 0.15) is 22.7 Å². The molecule has 1 amide bonds. The molecule has 0 unspecified atom stereocenters. The highest BCUT2D eigenvalue weighted by Crippen LogP contribution is 2.54. The van der Waals surface area contributed by atoms with Gasteiger partial charge in [0.15, 0.2) is 0 Å². The molecule has 2 fully saturated rings. The summed E-state index contributed by atoms with van der Waals surface area (Å²) in [7, 11) is 0. The van der Waals surface area contributed by atoms with Gasteiger partial charge in [-0.1, -0.05) is 103 Å². The Bertz CT molecular complexity index is 1190. The molecule has 1 spiro atoms. The van der Waals surface area contributed by atoms with Crippen LogP contribution in [0.2, 0.25) is 0 Å². The highest BCUT2D eigenvalue weighted by Gasteiger charge is 2.68. The van der Waals surface area contributed by atoms with Crippen molar-refractivity contribution in [3.05, 3.63) is 120 Å². The maximum atomic E-state index is 14.0. The van der Waals surface area contributed by atoms with E-state index in [0.717, 1.165) is 16.7 Å². The third-order valence-electron chi connectivity index (χ3n) is 7.17. The molecule has 2 saturated heterocycles. The molecule has 4 atom stereocenters. The Balaban J connectivity index is 1.31. The van der Waals surface area contributed by atoms with Gasteiger partial charge in [-0.15, -0.1) is 0 Å². The lowest BCUT2D eigenvalue weighted by molar-refractivity contribution is -0.155. The van der Waals surface area contributed by atoms with Crippen LogP contribution in [-0.2, 0) is 25.7 Å². The average molecular weight is 452 g/mol. The maximum absolute atomic E-state index is 14.0. The summed E-state index contributed by atoms with van der Waals surface area (Å²) in [6, 6.07) is 29.3. The number of carbonyl (C=O) groups excluding carboxylic acids is 2. The van der Waals surface area contributed by atoms with E-state index in [9.17, 15) is 9.59 Å². The monoisotopic (exact) mass is 451 g/mol. The number of hydrogen-bond donors (Lipinski definition) is 0. The van der Waals surface area contributed by atoms with Crippen molar-refractivity contribution in [1.29, 1.82) is 0 Å². The van der Waals surface area contributed by atoms with Crippen LogP contribution in [0, 0.1) is 11.8 Å². The lowest BCUT2D eigenvalue weighted by atomic mass is 9.77. The van der Waals surface area contributed by atoms with E-state index in [1.807, 2.05) is 108 Å². The summed E-state index contributed by atoms with van der Waals surface area (Å²) in [5.74, 6) is -1.67. The van der Waals surface area contributed by atoms with Crippen LogP contribution in [0.15, 0.2) is 103 Å². The topological polar surface area (TPSA) is 55.8 Å². The Labute approximate surface area is 198 Å². The molecule has 6 rings (SSSR count). The summed E-state index contributed by atoms with van der Waals surface area (Å²) in [6.45, 7) is 0.585. The first-order chi connectivity index (χ1) is 16.7. The molecule has 5 nitrogen and oxygen atoms in total. The first kappa shape index (κ1) is 20.9. The molecule has 0 N–H and O–H groups in total. The minimum absolute atomic E-state index is 0.0637. The van der Waals surface area contributed by atoms with Gasteiger partial charge in [-0.3, -0.25) is 9.59 Å². The smallest absolute Gasteiger partial charge is 0.313 e. The maximum Gasteiger partial charge on any atom is 0.313 e. The minimum Gasteiger partial charge on any atom is -0.460 e. The lowest BCUT2D eigenvalue weighted by Gasteiger charge is -2.31. The number of likely N-dealkylation sites (tertiary alicyclic amines) is 1. The first-order valence-electron chi connectivity index (χ1n) is 11.6. The molecule has 3 aromatic carbocycles. The third kappa shape index (κ3) is 3.35. The molecule has 5 heteroatoms. The number of carbonyl (C=O) groups is 2. The standard InChI is InChI=1S/C29H25NO4/c31-27-25-24(28(32)33-18-20-10-4-1-5-11-20)23-16-17-29(25,34-23)19-30(27)26(21-12-6-2-7-13-21)22-14-8-3-9-15-22/h1-17,23-26H,18-19H2/t23-,24-,25-,29+/m1/s1. The van der Waals surface area contributed by atoms with Crippen molar-refractivity contribution in [3.63, 3.8) is 0 Å². The van der Waals surface area contributed by atoms with Crippen molar-refractivity contribution in [2.75, 3.05) is 6.54 Å². The van der Waals surface area contributed by atoms with Gasteiger partial charge in [0.05, 0.1) is 24.6 Å². The summed E-state index contributed by atoms with van der Waals surface area (Å²) in [5.41, 5.74) is 2.18. The van der Waals surface area contributed by atoms with Gasteiger partial charge in [-0.2, -0.15) is 0 Å². The zero-order valence-electron chi connectivity index (χ0n) is 18.6. The average Bonchev–Trinajstić information content (AvgIpc) is 3.53. The number of benzene rings is 3. The normalized spacial score (nSPS) is 26.8. The summed E-state index contributed by atoms with van der Waals surface area (Å²) in [4.78, 5) is 29.0. The Hall–Kier alpha value is -3.70. The van der Waals surface area contributed by atoms with Crippen LogP contribution in [0.4, 0.5) is 0 Å². The highest BCUT2D eigenvalue weighted by molar-refractivity contribution is 5.91. The number of amides is 1. The summed E-state index contributed by atoms with van der Waals surface area (Å²) in [5, 5.41) is 0. The molecular weight excluding hydrogens is 426 g/mol. The zero-order valence-corrected chi connectivity index (χ0v) is 18.6. The Kier molecular flexibility index (Phi) is 5.07. The molecule has 3 aliphatic heterocycles. The second-order valence-electron chi connectivity index (χ2n) is 9.18. The van der Waals surface area contributed by atoms with Crippen molar-refractivity contribution >= 4 is 11.9 Å². The minimum atomic E-state index is -0.792. The second kappa shape index (κ2) is 8.26. The number of esters is 1. The number of ether oxygens (including phenoxy) is 2. The van der Waals surface area contributed by atoms with Gasteiger partial charge >= 0.3 is 5.97 Å². The number of nitrogens with zero attached hydrogens (tertiary/aromatic N) is 1. The van der Waals surface area contributed by atoms with Crippen LogP contribution >= 0.6 is 0 Å². The zero-order chi connectivity index (χ0) is 23.1. The molecule has 3 heterocycles. The SMILES string of the molecule is O=C(OCc1ccccc1)[C@@H]1[C@H]2C=C[C@@]3(CN(C(c4ccccc4)c4ccccc4)C(=O)[C@@H]13)O2. The fourth-order valence-electron chi connectivity index (χ4n) is 5.66. The van der Waals surface area contributed by atoms with Crippen molar-refractivity contribution in [3.8, 4) is 0 Å². The molecule has 2 bridgehead atoms. The van der Waals surface area contributed by atoms with E-state index < -0.39 is 23.5 Å². The van der Waals surface area contributed by atoms with E-state index in [1.54, 1.807) is 0 Å². The Morgan fingerprint density at radius 1 is 0.941 bits per heavy atom. The van der Waals surface area contributed by atoms with Gasteiger partial charge < -0.3 is 14.4 Å². The van der Waals surface area contributed by atoms with E-state index in [-0.39, 0.29) is 24.5 Å². The van der Waals surface area contributed by atoms with Crippen LogP contribution in [0.5, 0.6) is 0 Å². The van der Waals surface area contributed by atoms with E-state index in [1.165, 1.54) is 0 Å². The van der Waals surface area contributed by atoms with Crippen molar-refractivity contribution in [2.24, 2.45) is 11.8 Å². The third-order valence-corrected chi connectivity index (χ3v) is 7.17. The fraction of sp³-hybridized carbons (Fsp3) is 0.241. The van der Waals surface area contributed by atoms with Gasteiger partial charge in [0, 0.05) is 0 Å². The molecule has 34 heavy (non-hydrogen) atoms. The van der Waals surface area contributed by atoms with E-state index in [0.29, 0.717) is 6.54 Å². The van der Waals surface area contributed by atoms with Gasteiger partial charge in [-0.05, 0) is 16.7 Å². The van der Waals surface area contributed by atoms with Crippen LogP contribution in [0.25, 0.3) is 0 Å². The van der Waals surface area contributed by atoms with Crippen LogP contribution < -0.4 is 0 Å². The highest BCUT2D eigenvalue weighted by atomic mass is 16.6. The summed E-state index contributed by atoms with van der Waals surface area (Å²) >= 11 is 0. The van der Waals surface area contributed by atoms with E-state index >= 15 is 0 Å². The quantitative estimate of drug-likeness (QED) is 0.414. The van der Waals surface area contributed by atoms with Gasteiger partial charge in [-0.25, -0.2) is 0 Å². The van der Waals surface area contributed by atoms with Crippen molar-refractivity contribution < 1.29 is 19.1 Å². The van der Waals surface area contributed by atoms with Crippen molar-refractivity contribution in [1.82, 2.24) is 4.90 Å². The predicted octanol–water partition coefficient (Wildman–Crippen LogP) is 4.30. The van der Waals surface area contributed by atoms with Crippen LogP contribution in [-0.4, -0.2) is 35.0 Å². The molecule has 0 aromatic heterocycles. The molecular formula is C29H25NO4. The molecule has 0 aliphatic carbocycles. The molecule has 3 aliphatic rings. The largest absolute Gasteiger partial charge is 0.460 e.